The molecule has 1 heterocycles. The van der Waals surface area contributed by atoms with Crippen LogP contribution in [0, 0.1) is 6.92 Å². The summed E-state index contributed by atoms with van der Waals surface area (Å²) in [5.74, 6) is -2.30. The molecular formula is C17H19FN2O4S. The van der Waals surface area contributed by atoms with E-state index in [1.54, 1.807) is 32.9 Å². The van der Waals surface area contributed by atoms with E-state index in [1.807, 2.05) is 6.92 Å². The number of nitrogens with zero attached hydrogens (tertiary/aromatic N) is 2. The third-order valence-electron chi connectivity index (χ3n) is 3.05. The van der Waals surface area contributed by atoms with Gasteiger partial charge in [-0.25, -0.2) is 22.2 Å². The average molecular weight is 366 g/mol. The van der Waals surface area contributed by atoms with Crippen LogP contribution in [0.15, 0.2) is 47.5 Å². The molecule has 1 aromatic carbocycles. The number of rotatable bonds is 4. The maximum absolute atomic E-state index is 13.9. The summed E-state index contributed by atoms with van der Waals surface area (Å²) in [7, 11) is -3.83. The van der Waals surface area contributed by atoms with Crippen LogP contribution < -0.4 is 0 Å². The van der Waals surface area contributed by atoms with Crippen LogP contribution in [0.3, 0.4) is 0 Å². The third-order valence-corrected chi connectivity index (χ3v) is 4.67. The summed E-state index contributed by atoms with van der Waals surface area (Å²) in [5, 5.41) is 0. The van der Waals surface area contributed by atoms with Crippen LogP contribution in [-0.4, -0.2) is 28.9 Å². The normalized spacial score (nSPS) is 12.9. The van der Waals surface area contributed by atoms with Crippen LogP contribution in [0.2, 0.25) is 0 Å². The van der Waals surface area contributed by atoms with Gasteiger partial charge < -0.3 is 4.74 Å². The number of benzene rings is 1. The lowest BCUT2D eigenvalue weighted by atomic mass is 10.2. The summed E-state index contributed by atoms with van der Waals surface area (Å²) >= 11 is 0. The lowest BCUT2D eigenvalue weighted by Crippen LogP contribution is -2.24. The monoisotopic (exact) mass is 366 g/mol. The molecule has 0 N–H and O–H groups in total. The van der Waals surface area contributed by atoms with Gasteiger partial charge in [0.1, 0.15) is 11.9 Å². The SMILES string of the molecule is Cc1ccc(S(=O)(=O)n2cnc(/C=C(\F)C(=O)OC(C)(C)C)c2)cc1. The Labute approximate surface area is 146 Å². The molecule has 0 saturated carbocycles. The molecule has 8 heteroatoms. The van der Waals surface area contributed by atoms with Crippen molar-refractivity contribution in [2.75, 3.05) is 0 Å². The number of aromatic nitrogens is 2. The van der Waals surface area contributed by atoms with Crippen molar-refractivity contribution >= 4 is 22.1 Å². The van der Waals surface area contributed by atoms with Crippen molar-refractivity contribution in [3.8, 4) is 0 Å². The van der Waals surface area contributed by atoms with Crippen LogP contribution in [0.1, 0.15) is 32.0 Å². The molecule has 25 heavy (non-hydrogen) atoms. The van der Waals surface area contributed by atoms with Gasteiger partial charge in [0, 0.05) is 12.3 Å². The molecule has 0 aliphatic carbocycles. The second-order valence-corrected chi connectivity index (χ2v) is 8.28. The molecule has 2 rings (SSSR count). The van der Waals surface area contributed by atoms with E-state index in [0.29, 0.717) is 0 Å². The van der Waals surface area contributed by atoms with Gasteiger partial charge >= 0.3 is 5.97 Å². The lowest BCUT2D eigenvalue weighted by Gasteiger charge is -2.18. The fourth-order valence-electron chi connectivity index (χ4n) is 1.87. The Hall–Kier alpha value is -2.48. The Morgan fingerprint density at radius 3 is 2.40 bits per heavy atom. The van der Waals surface area contributed by atoms with Crippen molar-refractivity contribution in [1.82, 2.24) is 8.96 Å². The predicted molar refractivity (Wildman–Crippen MR) is 90.9 cm³/mol. The minimum Gasteiger partial charge on any atom is -0.455 e. The van der Waals surface area contributed by atoms with E-state index in [-0.39, 0.29) is 10.6 Å². The Balaban J connectivity index is 2.26. The molecule has 134 valence electrons. The minimum atomic E-state index is -3.83. The first-order valence-electron chi connectivity index (χ1n) is 7.46. The summed E-state index contributed by atoms with van der Waals surface area (Å²) in [6, 6.07) is 6.29. The van der Waals surface area contributed by atoms with E-state index in [4.69, 9.17) is 4.74 Å². The summed E-state index contributed by atoms with van der Waals surface area (Å²) in [4.78, 5) is 15.5. The van der Waals surface area contributed by atoms with Gasteiger partial charge in [-0.3, -0.25) is 0 Å². The van der Waals surface area contributed by atoms with Crippen molar-refractivity contribution in [2.24, 2.45) is 0 Å². The quantitative estimate of drug-likeness (QED) is 0.614. The summed E-state index contributed by atoms with van der Waals surface area (Å²) < 4.78 is 44.6. The molecule has 0 radical (unpaired) electrons. The van der Waals surface area contributed by atoms with Crippen LogP contribution in [0.25, 0.3) is 6.08 Å². The topological polar surface area (TPSA) is 78.3 Å². The molecule has 6 nitrogen and oxygen atoms in total. The molecule has 0 spiro atoms. The van der Waals surface area contributed by atoms with Crippen molar-refractivity contribution in [1.29, 1.82) is 0 Å². The highest BCUT2D eigenvalue weighted by atomic mass is 32.2. The van der Waals surface area contributed by atoms with Crippen LogP contribution >= 0.6 is 0 Å². The number of ether oxygens (including phenoxy) is 1. The van der Waals surface area contributed by atoms with Crippen LogP contribution in [0.5, 0.6) is 0 Å². The molecule has 0 aliphatic rings. The summed E-state index contributed by atoms with van der Waals surface area (Å²) in [6.45, 7) is 6.68. The summed E-state index contributed by atoms with van der Waals surface area (Å²) in [5.41, 5.74) is 0.0721. The fraction of sp³-hybridized carbons (Fsp3) is 0.294. The third kappa shape index (κ3) is 4.76. The molecule has 0 amide bonds. The van der Waals surface area contributed by atoms with Gasteiger partial charge in [-0.05, 0) is 39.8 Å². The first-order chi connectivity index (χ1) is 11.5. The number of imidazole rings is 1. The summed E-state index contributed by atoms with van der Waals surface area (Å²) in [6.07, 6.45) is 3.00. The van der Waals surface area contributed by atoms with E-state index < -0.39 is 27.4 Å². The molecule has 0 bridgehead atoms. The van der Waals surface area contributed by atoms with Gasteiger partial charge in [0.15, 0.2) is 0 Å². The Kier molecular flexibility index (Phi) is 5.12. The van der Waals surface area contributed by atoms with E-state index in [0.717, 1.165) is 28.1 Å². The zero-order valence-corrected chi connectivity index (χ0v) is 15.2. The van der Waals surface area contributed by atoms with Gasteiger partial charge in [-0.15, -0.1) is 0 Å². The van der Waals surface area contributed by atoms with E-state index >= 15 is 0 Å². The van der Waals surface area contributed by atoms with Gasteiger partial charge in [-0.2, -0.15) is 4.39 Å². The van der Waals surface area contributed by atoms with Crippen LogP contribution in [-0.2, 0) is 19.6 Å². The van der Waals surface area contributed by atoms with Crippen LogP contribution in [0.4, 0.5) is 4.39 Å². The second-order valence-electron chi connectivity index (χ2n) is 6.44. The van der Waals surface area contributed by atoms with Gasteiger partial charge in [0.2, 0.25) is 5.83 Å². The minimum absolute atomic E-state index is 0.0148. The number of halogens is 1. The van der Waals surface area contributed by atoms with E-state index in [1.165, 1.54) is 12.1 Å². The zero-order chi connectivity index (χ0) is 18.8. The number of carbonyl (C=O) groups excluding carboxylic acids is 1. The molecule has 0 unspecified atom stereocenters. The Bertz CT molecular complexity index is 907. The van der Waals surface area contributed by atoms with Gasteiger partial charge in [0.05, 0.1) is 10.6 Å². The van der Waals surface area contributed by atoms with Gasteiger partial charge in [0.25, 0.3) is 10.0 Å². The maximum Gasteiger partial charge on any atom is 0.367 e. The van der Waals surface area contributed by atoms with Crippen molar-refractivity contribution in [3.63, 3.8) is 0 Å². The Morgan fingerprint density at radius 2 is 1.84 bits per heavy atom. The largest absolute Gasteiger partial charge is 0.455 e. The molecule has 0 fully saturated rings. The first kappa shape index (κ1) is 18.9. The van der Waals surface area contributed by atoms with Crippen molar-refractivity contribution in [2.45, 2.75) is 38.2 Å². The average Bonchev–Trinajstić information content (AvgIpc) is 2.95. The molecule has 1 aromatic heterocycles. The number of esters is 1. The smallest absolute Gasteiger partial charge is 0.367 e. The van der Waals surface area contributed by atoms with Gasteiger partial charge in [-0.1, -0.05) is 17.7 Å². The predicted octanol–water partition coefficient (Wildman–Crippen LogP) is 3.08. The van der Waals surface area contributed by atoms with E-state index in [9.17, 15) is 17.6 Å². The standard InChI is InChI=1S/C17H19FN2O4S/c1-12-5-7-14(8-6-12)25(22,23)20-10-13(19-11-20)9-15(18)16(21)24-17(2,3)4/h5-11H,1-4H3/b15-9-. The molecule has 2 aromatic rings. The zero-order valence-electron chi connectivity index (χ0n) is 14.4. The van der Waals surface area contributed by atoms with E-state index in [2.05, 4.69) is 4.98 Å². The highest BCUT2D eigenvalue weighted by Crippen LogP contribution is 2.17. The van der Waals surface area contributed by atoms with Crippen molar-refractivity contribution in [3.05, 3.63) is 53.9 Å². The number of hydrogen-bond acceptors (Lipinski definition) is 5. The second kappa shape index (κ2) is 6.79. The Morgan fingerprint density at radius 1 is 1.24 bits per heavy atom. The molecule has 0 saturated heterocycles. The lowest BCUT2D eigenvalue weighted by molar-refractivity contribution is -0.151. The molecule has 0 aliphatic heterocycles. The fourth-order valence-corrected chi connectivity index (χ4v) is 3.02. The first-order valence-corrected chi connectivity index (χ1v) is 8.90. The highest BCUT2D eigenvalue weighted by molar-refractivity contribution is 7.90. The number of hydrogen-bond donors (Lipinski definition) is 0. The molecule has 0 atom stereocenters. The maximum atomic E-state index is 13.9. The number of carbonyl (C=O) groups is 1. The highest BCUT2D eigenvalue weighted by Gasteiger charge is 2.21. The van der Waals surface area contributed by atoms with Crippen molar-refractivity contribution < 1.29 is 22.3 Å². The number of aryl methyl sites for hydroxylation is 1. The molecular weight excluding hydrogens is 347 g/mol.